The molecule has 230 valence electrons. The van der Waals surface area contributed by atoms with E-state index in [9.17, 15) is 14.4 Å². The molecule has 1 unspecified atom stereocenters. The number of hydrogen-bond donors (Lipinski definition) is 3. The SMILES string of the molecule is COc1ccccc1/C=C(\NC(=O)c1ccccc1)C(=O)Nc1ccc(SC(C(=O)Nc2ccccc2Cl)c2ccccc2)cc1. The highest BCUT2D eigenvalue weighted by atomic mass is 35.5. The summed E-state index contributed by atoms with van der Waals surface area (Å²) in [6.07, 6.45) is 1.57. The summed E-state index contributed by atoms with van der Waals surface area (Å²) in [5.41, 5.74) is 2.94. The highest BCUT2D eigenvalue weighted by molar-refractivity contribution is 8.00. The predicted molar refractivity (Wildman–Crippen MR) is 185 cm³/mol. The molecule has 0 heterocycles. The summed E-state index contributed by atoms with van der Waals surface area (Å²) >= 11 is 7.66. The number of hydrogen-bond acceptors (Lipinski definition) is 5. The average Bonchev–Trinajstić information content (AvgIpc) is 3.09. The van der Waals surface area contributed by atoms with Gasteiger partial charge in [-0.1, -0.05) is 90.5 Å². The van der Waals surface area contributed by atoms with Crippen molar-refractivity contribution in [1.82, 2.24) is 5.32 Å². The number of nitrogens with one attached hydrogen (secondary N) is 3. The van der Waals surface area contributed by atoms with E-state index in [0.717, 1.165) is 10.5 Å². The van der Waals surface area contributed by atoms with Crippen molar-refractivity contribution in [3.63, 3.8) is 0 Å². The number of methoxy groups -OCH3 is 1. The second kappa shape index (κ2) is 15.6. The molecule has 1 atom stereocenters. The molecule has 0 aliphatic carbocycles. The van der Waals surface area contributed by atoms with Crippen LogP contribution in [0.2, 0.25) is 5.02 Å². The molecule has 0 aliphatic heterocycles. The molecule has 0 saturated heterocycles. The maximum atomic E-state index is 13.5. The van der Waals surface area contributed by atoms with Crippen molar-refractivity contribution in [2.75, 3.05) is 17.7 Å². The summed E-state index contributed by atoms with van der Waals surface area (Å²) in [5, 5.41) is 8.42. The number of rotatable bonds is 11. The Hall–Kier alpha value is -5.31. The van der Waals surface area contributed by atoms with Gasteiger partial charge in [0, 0.05) is 21.7 Å². The van der Waals surface area contributed by atoms with Crippen molar-refractivity contribution in [1.29, 1.82) is 0 Å². The lowest BCUT2D eigenvalue weighted by Gasteiger charge is -2.18. The van der Waals surface area contributed by atoms with Crippen molar-refractivity contribution < 1.29 is 19.1 Å². The molecule has 5 aromatic carbocycles. The van der Waals surface area contributed by atoms with Gasteiger partial charge in [0.1, 0.15) is 16.7 Å². The summed E-state index contributed by atoms with van der Waals surface area (Å²) in [7, 11) is 1.54. The Morgan fingerprint density at radius 2 is 1.37 bits per heavy atom. The monoisotopic (exact) mass is 647 g/mol. The largest absolute Gasteiger partial charge is 0.496 e. The van der Waals surface area contributed by atoms with Crippen LogP contribution < -0.4 is 20.7 Å². The van der Waals surface area contributed by atoms with Crippen LogP contribution in [0.5, 0.6) is 5.75 Å². The van der Waals surface area contributed by atoms with Gasteiger partial charge in [-0.3, -0.25) is 14.4 Å². The van der Waals surface area contributed by atoms with Crippen LogP contribution in [0.25, 0.3) is 6.08 Å². The van der Waals surface area contributed by atoms with Crippen LogP contribution in [0, 0.1) is 0 Å². The molecule has 0 radical (unpaired) electrons. The highest BCUT2D eigenvalue weighted by Gasteiger charge is 2.23. The summed E-state index contributed by atoms with van der Waals surface area (Å²) < 4.78 is 5.44. The van der Waals surface area contributed by atoms with Gasteiger partial charge in [-0.05, 0) is 66.2 Å². The molecule has 0 spiro atoms. The maximum Gasteiger partial charge on any atom is 0.272 e. The van der Waals surface area contributed by atoms with Crippen LogP contribution in [0.3, 0.4) is 0 Å². The van der Waals surface area contributed by atoms with Crippen molar-refractivity contribution >= 4 is 58.5 Å². The van der Waals surface area contributed by atoms with E-state index in [0.29, 0.717) is 33.3 Å². The minimum Gasteiger partial charge on any atom is -0.496 e. The minimum absolute atomic E-state index is 0.0391. The number of benzene rings is 5. The lowest BCUT2D eigenvalue weighted by molar-refractivity contribution is -0.116. The topological polar surface area (TPSA) is 96.5 Å². The maximum absolute atomic E-state index is 13.5. The number of carbonyl (C=O) groups is 3. The van der Waals surface area contributed by atoms with E-state index in [2.05, 4.69) is 16.0 Å². The molecule has 0 aliphatic rings. The first-order valence-corrected chi connectivity index (χ1v) is 15.6. The molecule has 3 amide bonds. The van der Waals surface area contributed by atoms with Crippen LogP contribution in [-0.4, -0.2) is 24.8 Å². The second-order valence-corrected chi connectivity index (χ2v) is 11.6. The van der Waals surface area contributed by atoms with Gasteiger partial charge in [-0.2, -0.15) is 0 Å². The Balaban J connectivity index is 1.34. The first kappa shape index (κ1) is 32.1. The number of carbonyl (C=O) groups excluding carboxylic acids is 3. The summed E-state index contributed by atoms with van der Waals surface area (Å²) in [6, 6.07) is 39.5. The quantitative estimate of drug-likeness (QED) is 0.0991. The van der Waals surface area contributed by atoms with Crippen LogP contribution in [0.4, 0.5) is 11.4 Å². The van der Waals surface area contributed by atoms with Gasteiger partial charge in [0.2, 0.25) is 5.91 Å². The molecule has 7 nitrogen and oxygen atoms in total. The first-order chi connectivity index (χ1) is 22.4. The van der Waals surface area contributed by atoms with Crippen LogP contribution in [-0.2, 0) is 9.59 Å². The zero-order chi connectivity index (χ0) is 32.3. The van der Waals surface area contributed by atoms with Gasteiger partial charge in [-0.15, -0.1) is 11.8 Å². The van der Waals surface area contributed by atoms with Gasteiger partial charge in [0.25, 0.3) is 11.8 Å². The Morgan fingerprint density at radius 3 is 2.07 bits per heavy atom. The number of halogens is 1. The number of amides is 3. The minimum atomic E-state index is -0.568. The fourth-order valence-electron chi connectivity index (χ4n) is 4.50. The lowest BCUT2D eigenvalue weighted by atomic mass is 10.1. The molecule has 46 heavy (non-hydrogen) atoms. The van der Waals surface area contributed by atoms with Crippen LogP contribution in [0.1, 0.15) is 26.7 Å². The van der Waals surface area contributed by atoms with Gasteiger partial charge in [-0.25, -0.2) is 0 Å². The molecule has 0 saturated carbocycles. The van der Waals surface area contributed by atoms with Crippen molar-refractivity contribution in [2.45, 2.75) is 10.1 Å². The number of anilines is 2. The number of thioether (sulfide) groups is 1. The third-order valence-corrected chi connectivity index (χ3v) is 8.40. The Bertz CT molecular complexity index is 1850. The van der Waals surface area contributed by atoms with Crippen molar-refractivity contribution in [3.8, 4) is 5.75 Å². The van der Waals surface area contributed by atoms with Crippen molar-refractivity contribution in [3.05, 3.63) is 161 Å². The van der Waals surface area contributed by atoms with Crippen LogP contribution in [0.15, 0.2) is 144 Å². The Kier molecular flexibility index (Phi) is 10.9. The summed E-state index contributed by atoms with van der Waals surface area (Å²) in [6.45, 7) is 0. The zero-order valence-corrected chi connectivity index (χ0v) is 26.3. The van der Waals surface area contributed by atoms with Gasteiger partial charge in [0.15, 0.2) is 0 Å². The average molecular weight is 648 g/mol. The molecule has 9 heteroatoms. The summed E-state index contributed by atoms with van der Waals surface area (Å²) in [5.74, 6) is -0.612. The van der Waals surface area contributed by atoms with E-state index in [4.69, 9.17) is 16.3 Å². The molecule has 0 aromatic heterocycles. The summed E-state index contributed by atoms with van der Waals surface area (Å²) in [4.78, 5) is 40.8. The smallest absolute Gasteiger partial charge is 0.272 e. The van der Waals surface area contributed by atoms with E-state index >= 15 is 0 Å². The zero-order valence-electron chi connectivity index (χ0n) is 24.8. The Morgan fingerprint density at radius 1 is 0.739 bits per heavy atom. The predicted octanol–water partition coefficient (Wildman–Crippen LogP) is 8.23. The van der Waals surface area contributed by atoms with Gasteiger partial charge < -0.3 is 20.7 Å². The molecule has 0 fully saturated rings. The van der Waals surface area contributed by atoms with E-state index in [1.54, 1.807) is 72.8 Å². The third kappa shape index (κ3) is 8.44. The fraction of sp³-hybridized carbons (Fsp3) is 0.0541. The molecule has 5 rings (SSSR count). The molecule has 0 bridgehead atoms. The van der Waals surface area contributed by atoms with Gasteiger partial charge in [0.05, 0.1) is 17.8 Å². The van der Waals surface area contributed by atoms with E-state index < -0.39 is 17.1 Å². The molecular formula is C37H30ClN3O4S. The number of ether oxygens (including phenoxy) is 1. The van der Waals surface area contributed by atoms with E-state index in [1.165, 1.54) is 18.9 Å². The lowest BCUT2D eigenvalue weighted by Crippen LogP contribution is -2.30. The molecule has 3 N–H and O–H groups in total. The van der Waals surface area contributed by atoms with E-state index in [1.807, 2.05) is 66.7 Å². The first-order valence-electron chi connectivity index (χ1n) is 14.3. The third-order valence-electron chi connectivity index (χ3n) is 6.81. The molecule has 5 aromatic rings. The highest BCUT2D eigenvalue weighted by Crippen LogP contribution is 2.37. The Labute approximate surface area is 276 Å². The van der Waals surface area contributed by atoms with Crippen molar-refractivity contribution in [2.24, 2.45) is 0 Å². The molecular weight excluding hydrogens is 618 g/mol. The standard InChI is InChI=1S/C37H30ClN3O4S/c1-45-33-19-11-8-16-27(33)24-32(41-35(42)26-14-6-3-7-15-26)36(43)39-28-20-22-29(23-21-28)46-34(25-12-4-2-5-13-25)37(44)40-31-18-10-9-17-30(31)38/h2-24,34H,1H3,(H,39,43)(H,40,44)(H,41,42)/b32-24-. The fourth-order valence-corrected chi connectivity index (χ4v) is 5.70. The normalized spacial score (nSPS) is 11.7. The number of para-hydroxylation sites is 2. The van der Waals surface area contributed by atoms with Gasteiger partial charge >= 0.3 is 0 Å². The van der Waals surface area contributed by atoms with E-state index in [-0.39, 0.29) is 11.6 Å². The second-order valence-electron chi connectivity index (χ2n) is 9.98. The van der Waals surface area contributed by atoms with Crippen LogP contribution >= 0.6 is 23.4 Å².